The Morgan fingerprint density at radius 1 is 1.07 bits per heavy atom. The van der Waals surface area contributed by atoms with Crippen LogP contribution in [0.5, 0.6) is 5.75 Å². The zero-order chi connectivity index (χ0) is 19.2. The number of halogens is 2. The first kappa shape index (κ1) is 19.7. The van der Waals surface area contributed by atoms with Gasteiger partial charge in [-0.3, -0.25) is 9.80 Å². The molecular formula is C21H26F2N2O2. The van der Waals surface area contributed by atoms with Crippen molar-refractivity contribution in [1.29, 1.82) is 0 Å². The lowest BCUT2D eigenvalue weighted by Crippen LogP contribution is -2.52. The fraction of sp³-hybridized carbons (Fsp3) is 0.429. The number of hydrogen-bond acceptors (Lipinski definition) is 4. The third kappa shape index (κ3) is 5.25. The summed E-state index contributed by atoms with van der Waals surface area (Å²) in [6.07, 6.45) is 0.637. The first-order valence-electron chi connectivity index (χ1n) is 9.23. The van der Waals surface area contributed by atoms with E-state index in [-0.39, 0.29) is 24.3 Å². The summed E-state index contributed by atoms with van der Waals surface area (Å²) in [5.41, 5.74) is 1.69. The summed E-state index contributed by atoms with van der Waals surface area (Å²) >= 11 is 0. The van der Waals surface area contributed by atoms with Gasteiger partial charge in [-0.1, -0.05) is 18.2 Å². The van der Waals surface area contributed by atoms with Gasteiger partial charge >= 0.3 is 0 Å². The molecule has 0 spiro atoms. The number of hydrogen-bond donors (Lipinski definition) is 1. The Hall–Kier alpha value is -2.02. The molecule has 0 saturated carbocycles. The molecule has 0 bridgehead atoms. The monoisotopic (exact) mass is 376 g/mol. The number of piperazine rings is 1. The van der Waals surface area contributed by atoms with Crippen molar-refractivity contribution in [2.45, 2.75) is 25.6 Å². The molecule has 2 aromatic carbocycles. The highest BCUT2D eigenvalue weighted by molar-refractivity contribution is 5.29. The molecule has 6 heteroatoms. The van der Waals surface area contributed by atoms with Crippen molar-refractivity contribution >= 4 is 0 Å². The van der Waals surface area contributed by atoms with Gasteiger partial charge in [0, 0.05) is 57.0 Å². The molecule has 1 N–H and O–H groups in total. The van der Waals surface area contributed by atoms with Gasteiger partial charge in [0.25, 0.3) is 0 Å². The number of aliphatic hydroxyl groups is 1. The normalized spacial score (nSPS) is 18.6. The molecule has 0 aromatic heterocycles. The summed E-state index contributed by atoms with van der Waals surface area (Å²) in [4.78, 5) is 4.52. The highest BCUT2D eigenvalue weighted by Gasteiger charge is 2.27. The predicted molar refractivity (Wildman–Crippen MR) is 101 cm³/mol. The zero-order valence-corrected chi connectivity index (χ0v) is 15.6. The molecule has 146 valence electrons. The minimum absolute atomic E-state index is 0.0939. The topological polar surface area (TPSA) is 35.9 Å². The lowest BCUT2D eigenvalue weighted by molar-refractivity contribution is 0.0493. The van der Waals surface area contributed by atoms with Crippen LogP contribution in [0, 0.1) is 11.6 Å². The van der Waals surface area contributed by atoms with E-state index in [0.29, 0.717) is 24.3 Å². The van der Waals surface area contributed by atoms with Crippen LogP contribution in [0.4, 0.5) is 8.78 Å². The van der Waals surface area contributed by atoms with E-state index in [1.165, 1.54) is 25.3 Å². The summed E-state index contributed by atoms with van der Waals surface area (Å²) in [5, 5.41) is 9.45. The van der Waals surface area contributed by atoms with Crippen LogP contribution in [0.3, 0.4) is 0 Å². The number of benzene rings is 2. The Bertz CT molecular complexity index is 739. The molecule has 1 unspecified atom stereocenters. The standard InChI is InChI=1S/C21H26F2N2O2/c1-27-20-7-4-17(21(23)12-20)14-25-10-9-24(15-19(25)8-11-26)13-16-2-5-18(22)6-3-16/h2-7,12,19,26H,8-11,13-15H2,1H3. The smallest absolute Gasteiger partial charge is 0.131 e. The summed E-state index contributed by atoms with van der Waals surface area (Å²) in [6, 6.07) is 11.6. The van der Waals surface area contributed by atoms with Gasteiger partial charge in [-0.05, 0) is 30.2 Å². The van der Waals surface area contributed by atoms with Crippen LogP contribution < -0.4 is 4.74 Å². The van der Waals surface area contributed by atoms with Gasteiger partial charge in [-0.2, -0.15) is 0 Å². The SMILES string of the molecule is COc1ccc(CN2CCN(Cc3ccc(F)cc3)CC2CCO)c(F)c1. The highest BCUT2D eigenvalue weighted by Crippen LogP contribution is 2.22. The van der Waals surface area contributed by atoms with Gasteiger partial charge < -0.3 is 9.84 Å². The molecule has 1 aliphatic heterocycles. The Kier molecular flexibility index (Phi) is 6.77. The molecular weight excluding hydrogens is 350 g/mol. The Morgan fingerprint density at radius 3 is 2.52 bits per heavy atom. The summed E-state index contributed by atoms with van der Waals surface area (Å²) in [7, 11) is 1.52. The number of aliphatic hydroxyl groups excluding tert-OH is 1. The van der Waals surface area contributed by atoms with Crippen LogP contribution in [0.15, 0.2) is 42.5 Å². The van der Waals surface area contributed by atoms with Gasteiger partial charge in [-0.15, -0.1) is 0 Å². The fourth-order valence-corrected chi connectivity index (χ4v) is 3.58. The second-order valence-electron chi connectivity index (χ2n) is 6.96. The molecule has 4 nitrogen and oxygen atoms in total. The second-order valence-corrected chi connectivity index (χ2v) is 6.96. The van der Waals surface area contributed by atoms with Crippen molar-refractivity contribution in [3.05, 3.63) is 65.2 Å². The Labute approximate surface area is 159 Å². The minimum atomic E-state index is -0.272. The average Bonchev–Trinajstić information content (AvgIpc) is 2.67. The summed E-state index contributed by atoms with van der Waals surface area (Å²) in [6.45, 7) is 3.76. The second kappa shape index (κ2) is 9.26. The van der Waals surface area contributed by atoms with Crippen molar-refractivity contribution in [3.63, 3.8) is 0 Å². The van der Waals surface area contributed by atoms with E-state index in [2.05, 4.69) is 9.80 Å². The average molecular weight is 376 g/mol. The lowest BCUT2D eigenvalue weighted by Gasteiger charge is -2.41. The van der Waals surface area contributed by atoms with Crippen LogP contribution in [0.25, 0.3) is 0 Å². The molecule has 1 saturated heterocycles. The molecule has 0 aliphatic carbocycles. The van der Waals surface area contributed by atoms with E-state index >= 15 is 0 Å². The maximum atomic E-state index is 14.3. The number of methoxy groups -OCH3 is 1. The highest BCUT2D eigenvalue weighted by atomic mass is 19.1. The Morgan fingerprint density at radius 2 is 1.85 bits per heavy atom. The molecule has 3 rings (SSSR count). The van der Waals surface area contributed by atoms with Crippen LogP contribution in [-0.2, 0) is 13.1 Å². The third-order valence-electron chi connectivity index (χ3n) is 5.10. The molecule has 1 fully saturated rings. The van der Waals surface area contributed by atoms with E-state index in [1.807, 2.05) is 0 Å². The van der Waals surface area contributed by atoms with Crippen LogP contribution >= 0.6 is 0 Å². The van der Waals surface area contributed by atoms with Gasteiger partial charge in [0.15, 0.2) is 0 Å². The van der Waals surface area contributed by atoms with Crippen molar-refractivity contribution in [3.8, 4) is 5.75 Å². The number of ether oxygens (including phenoxy) is 1. The molecule has 0 amide bonds. The van der Waals surface area contributed by atoms with Gasteiger partial charge in [-0.25, -0.2) is 8.78 Å². The van der Waals surface area contributed by atoms with E-state index in [4.69, 9.17) is 4.74 Å². The Balaban J connectivity index is 1.64. The molecule has 1 heterocycles. The van der Waals surface area contributed by atoms with Gasteiger partial charge in [0.05, 0.1) is 7.11 Å². The number of rotatable bonds is 7. The van der Waals surface area contributed by atoms with Gasteiger partial charge in [0.2, 0.25) is 0 Å². The van der Waals surface area contributed by atoms with Crippen LogP contribution in [0.1, 0.15) is 17.5 Å². The molecule has 0 radical (unpaired) electrons. The van der Waals surface area contributed by atoms with E-state index in [0.717, 1.165) is 31.7 Å². The number of nitrogens with zero attached hydrogens (tertiary/aromatic N) is 2. The van der Waals surface area contributed by atoms with E-state index in [9.17, 15) is 13.9 Å². The molecule has 27 heavy (non-hydrogen) atoms. The summed E-state index contributed by atoms with van der Waals surface area (Å²) < 4.78 is 32.4. The van der Waals surface area contributed by atoms with Crippen molar-refractivity contribution in [2.75, 3.05) is 33.4 Å². The molecule has 1 aliphatic rings. The van der Waals surface area contributed by atoms with Crippen LogP contribution in [0.2, 0.25) is 0 Å². The lowest BCUT2D eigenvalue weighted by atomic mass is 10.1. The van der Waals surface area contributed by atoms with Crippen molar-refractivity contribution in [1.82, 2.24) is 9.80 Å². The predicted octanol–water partition coefficient (Wildman–Crippen LogP) is 3.04. The van der Waals surface area contributed by atoms with E-state index < -0.39 is 0 Å². The maximum absolute atomic E-state index is 14.3. The van der Waals surface area contributed by atoms with Gasteiger partial charge in [0.1, 0.15) is 17.4 Å². The maximum Gasteiger partial charge on any atom is 0.131 e. The summed E-state index contributed by atoms with van der Waals surface area (Å²) in [5.74, 6) is 0.00126. The van der Waals surface area contributed by atoms with Crippen molar-refractivity contribution < 1.29 is 18.6 Å². The van der Waals surface area contributed by atoms with Crippen LogP contribution in [-0.4, -0.2) is 54.3 Å². The van der Waals surface area contributed by atoms with E-state index in [1.54, 1.807) is 24.3 Å². The molecule has 1 atom stereocenters. The first-order valence-corrected chi connectivity index (χ1v) is 9.23. The molecule has 2 aromatic rings. The van der Waals surface area contributed by atoms with Crippen molar-refractivity contribution in [2.24, 2.45) is 0 Å². The largest absolute Gasteiger partial charge is 0.497 e. The minimum Gasteiger partial charge on any atom is -0.497 e. The third-order valence-corrected chi connectivity index (χ3v) is 5.10. The quantitative estimate of drug-likeness (QED) is 0.806. The fourth-order valence-electron chi connectivity index (χ4n) is 3.58. The zero-order valence-electron chi connectivity index (χ0n) is 15.6. The first-order chi connectivity index (χ1) is 13.1.